The fourth-order valence-corrected chi connectivity index (χ4v) is 4.18. The molecule has 33 heavy (non-hydrogen) atoms. The molecule has 0 bridgehead atoms. The maximum absolute atomic E-state index is 13.3. The van der Waals surface area contributed by atoms with Gasteiger partial charge in [-0.25, -0.2) is 4.39 Å². The normalized spacial score (nSPS) is 17.9. The number of rotatable bonds is 12. The topological polar surface area (TPSA) is 74.0 Å². The minimum absolute atomic E-state index is 0.0321. The quantitative estimate of drug-likeness (QED) is 0.272. The van der Waals surface area contributed by atoms with Gasteiger partial charge in [-0.15, -0.1) is 0 Å². The molecule has 1 aromatic heterocycles. The van der Waals surface area contributed by atoms with Crippen LogP contribution in [0, 0.1) is 5.82 Å². The highest BCUT2D eigenvalue weighted by molar-refractivity contribution is 6.46. The van der Waals surface area contributed by atoms with Crippen LogP contribution in [-0.2, 0) is 9.59 Å². The van der Waals surface area contributed by atoms with Crippen LogP contribution in [0.2, 0.25) is 0 Å². The molecule has 3 rings (SSSR count). The van der Waals surface area contributed by atoms with Gasteiger partial charge in [0.05, 0.1) is 11.8 Å². The van der Waals surface area contributed by atoms with Crippen LogP contribution in [0.3, 0.4) is 0 Å². The first-order valence-corrected chi connectivity index (χ1v) is 11.8. The second-order valence-electron chi connectivity index (χ2n) is 8.42. The number of Topliss-reactive ketones (excluding diaryl/α,β-unsaturated/α-hetero) is 1. The van der Waals surface area contributed by atoms with E-state index in [4.69, 9.17) is 4.42 Å². The maximum Gasteiger partial charge on any atom is 0.295 e. The summed E-state index contributed by atoms with van der Waals surface area (Å²) in [5, 5.41) is 10.9. The Bertz CT molecular complexity index is 945. The Labute approximate surface area is 194 Å². The van der Waals surface area contributed by atoms with Crippen LogP contribution in [0.4, 0.5) is 4.39 Å². The number of unbranched alkanes of at least 4 members (excludes halogenated alkanes) is 2. The molecule has 2 heterocycles. The molecule has 1 atom stereocenters. The summed E-state index contributed by atoms with van der Waals surface area (Å²) in [6, 6.07) is 7.74. The van der Waals surface area contributed by atoms with E-state index in [9.17, 15) is 19.1 Å². The van der Waals surface area contributed by atoms with Crippen molar-refractivity contribution in [2.75, 3.05) is 26.2 Å². The fourth-order valence-electron chi connectivity index (χ4n) is 4.18. The number of hydrogen-bond donors (Lipinski definition) is 1. The Hall–Kier alpha value is -2.93. The Kier molecular flexibility index (Phi) is 8.83. The molecule has 7 heteroatoms. The van der Waals surface area contributed by atoms with Gasteiger partial charge in [-0.2, -0.15) is 0 Å². The molecule has 1 fully saturated rings. The summed E-state index contributed by atoms with van der Waals surface area (Å²) in [5.41, 5.74) is 0.242. The van der Waals surface area contributed by atoms with E-state index >= 15 is 0 Å². The Morgan fingerprint density at radius 3 is 2.24 bits per heavy atom. The van der Waals surface area contributed by atoms with E-state index in [1.807, 2.05) is 0 Å². The molecule has 1 N–H and O–H groups in total. The molecule has 1 saturated heterocycles. The van der Waals surface area contributed by atoms with Crippen LogP contribution in [-0.4, -0.2) is 52.8 Å². The van der Waals surface area contributed by atoms with E-state index in [-0.39, 0.29) is 16.9 Å². The van der Waals surface area contributed by atoms with Gasteiger partial charge in [-0.05, 0) is 75.3 Å². The van der Waals surface area contributed by atoms with Gasteiger partial charge < -0.3 is 19.3 Å². The first-order valence-electron chi connectivity index (χ1n) is 11.8. The van der Waals surface area contributed by atoms with Crippen molar-refractivity contribution in [1.29, 1.82) is 0 Å². The zero-order valence-corrected chi connectivity index (χ0v) is 19.4. The zero-order valence-electron chi connectivity index (χ0n) is 19.4. The fraction of sp³-hybridized carbons (Fsp3) is 0.462. The average Bonchev–Trinajstić information content (AvgIpc) is 3.43. The highest BCUT2D eigenvalue weighted by Gasteiger charge is 2.47. The summed E-state index contributed by atoms with van der Waals surface area (Å²) in [7, 11) is 0. The van der Waals surface area contributed by atoms with Gasteiger partial charge in [0.15, 0.2) is 0 Å². The van der Waals surface area contributed by atoms with E-state index in [1.165, 1.54) is 35.4 Å². The third-order valence-corrected chi connectivity index (χ3v) is 6.00. The SMILES string of the molecule is CCCCN(CCCC)CCCN1C(=O)C(=O)C(=C(O)c2ccc(F)cc2)[C@H]1c1ccco1. The molecule has 0 unspecified atom stereocenters. The largest absolute Gasteiger partial charge is 0.507 e. The van der Waals surface area contributed by atoms with Gasteiger partial charge in [0.1, 0.15) is 23.4 Å². The molecule has 0 spiro atoms. The maximum atomic E-state index is 13.3. The molecule has 178 valence electrons. The number of carbonyl (C=O) groups is 2. The van der Waals surface area contributed by atoms with Gasteiger partial charge in [0.2, 0.25) is 0 Å². The lowest BCUT2D eigenvalue weighted by Crippen LogP contribution is -2.34. The predicted octanol–water partition coefficient (Wildman–Crippen LogP) is 5.13. The van der Waals surface area contributed by atoms with Crippen molar-refractivity contribution in [3.63, 3.8) is 0 Å². The van der Waals surface area contributed by atoms with Crippen LogP contribution in [0.1, 0.15) is 63.3 Å². The molecule has 0 saturated carbocycles. The molecule has 1 aliphatic rings. The molecule has 1 aromatic carbocycles. The summed E-state index contributed by atoms with van der Waals surface area (Å²) >= 11 is 0. The van der Waals surface area contributed by atoms with Crippen LogP contribution in [0.15, 0.2) is 52.7 Å². The van der Waals surface area contributed by atoms with Crippen molar-refractivity contribution in [2.45, 2.75) is 52.0 Å². The van der Waals surface area contributed by atoms with E-state index < -0.39 is 23.5 Å². The average molecular weight is 457 g/mol. The number of aliphatic hydroxyl groups is 1. The van der Waals surface area contributed by atoms with Crippen molar-refractivity contribution < 1.29 is 23.5 Å². The third-order valence-electron chi connectivity index (χ3n) is 6.00. The van der Waals surface area contributed by atoms with Crippen molar-refractivity contribution in [3.05, 3.63) is 65.4 Å². The highest BCUT2D eigenvalue weighted by Crippen LogP contribution is 2.39. The second-order valence-corrected chi connectivity index (χ2v) is 8.42. The van der Waals surface area contributed by atoms with Crippen molar-refractivity contribution >= 4 is 17.4 Å². The molecule has 2 aromatic rings. The van der Waals surface area contributed by atoms with E-state index in [0.29, 0.717) is 18.7 Å². The van der Waals surface area contributed by atoms with Crippen molar-refractivity contribution in [2.24, 2.45) is 0 Å². The number of nitrogens with zero attached hydrogens (tertiary/aromatic N) is 2. The third kappa shape index (κ3) is 5.90. The number of halogens is 1. The molecule has 1 aliphatic heterocycles. The molecule has 6 nitrogen and oxygen atoms in total. The van der Waals surface area contributed by atoms with Crippen molar-refractivity contribution in [3.8, 4) is 0 Å². The summed E-state index contributed by atoms with van der Waals surface area (Å²) in [6.45, 7) is 7.56. The molecule has 1 amide bonds. The number of furan rings is 1. The predicted molar refractivity (Wildman–Crippen MR) is 125 cm³/mol. The van der Waals surface area contributed by atoms with Gasteiger partial charge >= 0.3 is 0 Å². The number of aliphatic hydroxyl groups excluding tert-OH is 1. The number of benzene rings is 1. The van der Waals surface area contributed by atoms with Crippen LogP contribution < -0.4 is 0 Å². The number of amides is 1. The lowest BCUT2D eigenvalue weighted by Gasteiger charge is -2.26. The summed E-state index contributed by atoms with van der Waals surface area (Å²) in [4.78, 5) is 29.8. The summed E-state index contributed by atoms with van der Waals surface area (Å²) < 4.78 is 18.9. The number of likely N-dealkylation sites (tertiary alicyclic amines) is 1. The van der Waals surface area contributed by atoms with Gasteiger partial charge in [-0.3, -0.25) is 9.59 Å². The van der Waals surface area contributed by atoms with Gasteiger partial charge in [0, 0.05) is 12.1 Å². The van der Waals surface area contributed by atoms with Crippen LogP contribution in [0.5, 0.6) is 0 Å². The monoisotopic (exact) mass is 456 g/mol. The second kappa shape index (κ2) is 11.8. The smallest absolute Gasteiger partial charge is 0.295 e. The molecular formula is C26H33FN2O4. The molecule has 0 radical (unpaired) electrons. The Morgan fingerprint density at radius 1 is 1.03 bits per heavy atom. The first-order chi connectivity index (χ1) is 16.0. The lowest BCUT2D eigenvalue weighted by molar-refractivity contribution is -0.140. The molecule has 0 aliphatic carbocycles. The van der Waals surface area contributed by atoms with E-state index in [1.54, 1.807) is 12.1 Å². The van der Waals surface area contributed by atoms with Gasteiger partial charge in [0.25, 0.3) is 11.7 Å². The number of hydrogen-bond acceptors (Lipinski definition) is 5. The number of ketones is 1. The lowest BCUT2D eigenvalue weighted by atomic mass is 9.99. The first kappa shape index (κ1) is 24.7. The van der Waals surface area contributed by atoms with Crippen LogP contribution >= 0.6 is 0 Å². The number of carbonyl (C=O) groups excluding carboxylic acids is 2. The zero-order chi connectivity index (χ0) is 23.8. The minimum atomic E-state index is -0.815. The van der Waals surface area contributed by atoms with E-state index in [0.717, 1.165) is 45.3 Å². The highest BCUT2D eigenvalue weighted by atomic mass is 19.1. The van der Waals surface area contributed by atoms with E-state index in [2.05, 4.69) is 18.7 Å². The summed E-state index contributed by atoms with van der Waals surface area (Å²) in [6.07, 6.45) is 6.67. The van der Waals surface area contributed by atoms with Gasteiger partial charge in [-0.1, -0.05) is 26.7 Å². The summed E-state index contributed by atoms with van der Waals surface area (Å²) in [5.74, 6) is -1.79. The molecular weight excluding hydrogens is 423 g/mol. The Morgan fingerprint density at radius 2 is 1.67 bits per heavy atom. The van der Waals surface area contributed by atoms with Crippen LogP contribution in [0.25, 0.3) is 5.76 Å². The van der Waals surface area contributed by atoms with Crippen molar-refractivity contribution in [1.82, 2.24) is 9.80 Å². The minimum Gasteiger partial charge on any atom is -0.507 e. The Balaban J connectivity index is 1.83. The standard InChI is InChI=1S/C26H33FN2O4/c1-3-5-14-28(15-6-4-2)16-8-17-29-23(21-9-7-18-33-21)22(25(31)26(29)32)24(30)19-10-12-20(27)13-11-19/h7,9-13,18,23,30H,3-6,8,14-17H2,1-2H3/t23-/m1/s1.